The third-order valence-corrected chi connectivity index (χ3v) is 5.40. The van der Waals surface area contributed by atoms with Gasteiger partial charge in [0, 0.05) is 45.5 Å². The molecule has 3 aliphatic heterocycles. The number of fused-ring (bicyclic) bond motifs is 1. The molecule has 0 bridgehead atoms. The third kappa shape index (κ3) is 4.22. The molecule has 1 amide bonds. The number of hydrogen-bond acceptors (Lipinski definition) is 6. The van der Waals surface area contributed by atoms with Crippen LogP contribution >= 0.6 is 0 Å². The number of amides is 1. The number of carbonyl (C=O) groups is 1. The van der Waals surface area contributed by atoms with Crippen LogP contribution < -0.4 is 10.6 Å². The van der Waals surface area contributed by atoms with E-state index in [0.717, 1.165) is 39.1 Å². The molecule has 0 aromatic carbocycles. The highest BCUT2D eigenvalue weighted by atomic mass is 32.2. The van der Waals surface area contributed by atoms with E-state index in [9.17, 15) is 13.2 Å². The van der Waals surface area contributed by atoms with Crippen molar-refractivity contribution in [3.63, 3.8) is 0 Å². The van der Waals surface area contributed by atoms with Gasteiger partial charge in [0.25, 0.3) is 15.9 Å². The minimum atomic E-state index is -3.48. The highest BCUT2D eigenvalue weighted by molar-refractivity contribution is 7.90. The van der Waals surface area contributed by atoms with Crippen LogP contribution in [0, 0.1) is 0 Å². The van der Waals surface area contributed by atoms with Crippen molar-refractivity contribution in [1.29, 1.82) is 0 Å². The van der Waals surface area contributed by atoms with E-state index in [1.165, 1.54) is 0 Å². The largest absolute Gasteiger partial charge is 0.352 e. The molecule has 0 spiro atoms. The molecular formula is C15H23N5O3S. The SMILES string of the molecule is O=C(NCCCN1CCNCC1)C1=CC=CN2CCS(=O)(=O)N=C12. The summed E-state index contributed by atoms with van der Waals surface area (Å²) in [5.41, 5.74) is 0.308. The third-order valence-electron chi connectivity index (χ3n) is 4.25. The topological polar surface area (TPSA) is 94.1 Å². The number of allylic oxidation sites excluding steroid dienone is 2. The Bertz CT molecular complexity index is 677. The molecule has 1 fully saturated rings. The van der Waals surface area contributed by atoms with Crippen LogP contribution in [-0.2, 0) is 14.8 Å². The molecule has 0 aromatic heterocycles. The predicted octanol–water partition coefficient (Wildman–Crippen LogP) is -1.10. The number of amidine groups is 1. The number of hydrogen-bond donors (Lipinski definition) is 2. The average Bonchev–Trinajstić information content (AvgIpc) is 2.58. The van der Waals surface area contributed by atoms with Gasteiger partial charge in [-0.05, 0) is 25.1 Å². The van der Waals surface area contributed by atoms with Gasteiger partial charge < -0.3 is 20.4 Å². The molecule has 0 aliphatic carbocycles. The Morgan fingerprint density at radius 1 is 1.29 bits per heavy atom. The first-order chi connectivity index (χ1) is 11.6. The quantitative estimate of drug-likeness (QED) is 0.609. The zero-order valence-electron chi connectivity index (χ0n) is 13.6. The van der Waals surface area contributed by atoms with Gasteiger partial charge >= 0.3 is 0 Å². The predicted molar refractivity (Wildman–Crippen MR) is 92.1 cm³/mol. The highest BCUT2D eigenvalue weighted by Crippen LogP contribution is 2.17. The molecule has 3 rings (SSSR count). The fraction of sp³-hybridized carbons (Fsp3) is 0.600. The molecule has 132 valence electrons. The smallest absolute Gasteiger partial charge is 0.256 e. The lowest BCUT2D eigenvalue weighted by molar-refractivity contribution is -0.117. The summed E-state index contributed by atoms with van der Waals surface area (Å²) in [4.78, 5) is 16.4. The minimum absolute atomic E-state index is 0.0274. The van der Waals surface area contributed by atoms with Crippen molar-refractivity contribution in [3.05, 3.63) is 23.9 Å². The second-order valence-corrected chi connectivity index (χ2v) is 7.77. The highest BCUT2D eigenvalue weighted by Gasteiger charge is 2.29. The Labute approximate surface area is 142 Å². The fourth-order valence-electron chi connectivity index (χ4n) is 2.93. The molecule has 1 saturated heterocycles. The van der Waals surface area contributed by atoms with Crippen LogP contribution in [-0.4, -0.2) is 81.5 Å². The zero-order valence-corrected chi connectivity index (χ0v) is 14.4. The van der Waals surface area contributed by atoms with E-state index < -0.39 is 10.0 Å². The van der Waals surface area contributed by atoms with Gasteiger partial charge in [-0.25, -0.2) is 8.42 Å². The number of sulfonamides is 1. The first-order valence-electron chi connectivity index (χ1n) is 8.25. The first kappa shape index (κ1) is 17.1. The maximum Gasteiger partial charge on any atom is 0.256 e. The molecule has 8 nitrogen and oxygen atoms in total. The molecule has 3 heterocycles. The van der Waals surface area contributed by atoms with Gasteiger partial charge in [0.15, 0.2) is 5.84 Å². The lowest BCUT2D eigenvalue weighted by atomic mass is 10.1. The minimum Gasteiger partial charge on any atom is -0.352 e. The monoisotopic (exact) mass is 353 g/mol. The van der Waals surface area contributed by atoms with Crippen molar-refractivity contribution in [2.75, 3.05) is 51.6 Å². The van der Waals surface area contributed by atoms with Gasteiger partial charge in [0.1, 0.15) is 0 Å². The van der Waals surface area contributed by atoms with E-state index in [0.29, 0.717) is 18.7 Å². The van der Waals surface area contributed by atoms with Crippen LogP contribution in [0.5, 0.6) is 0 Å². The van der Waals surface area contributed by atoms with Gasteiger partial charge in [-0.1, -0.05) is 0 Å². The molecular weight excluding hydrogens is 330 g/mol. The van der Waals surface area contributed by atoms with Gasteiger partial charge in [-0.2, -0.15) is 0 Å². The molecule has 3 aliphatic rings. The lowest BCUT2D eigenvalue weighted by Crippen LogP contribution is -2.45. The van der Waals surface area contributed by atoms with Crippen LogP contribution in [0.25, 0.3) is 0 Å². The summed E-state index contributed by atoms with van der Waals surface area (Å²) in [6, 6.07) is 0. The van der Waals surface area contributed by atoms with Crippen LogP contribution in [0.4, 0.5) is 0 Å². The van der Waals surface area contributed by atoms with Gasteiger partial charge in [0.2, 0.25) is 0 Å². The van der Waals surface area contributed by atoms with Gasteiger partial charge in [-0.15, -0.1) is 4.40 Å². The molecule has 0 atom stereocenters. The molecule has 0 radical (unpaired) electrons. The number of nitrogens with zero attached hydrogens (tertiary/aromatic N) is 3. The Kier molecular flexibility index (Phi) is 5.32. The number of piperazine rings is 1. The van der Waals surface area contributed by atoms with Crippen molar-refractivity contribution < 1.29 is 13.2 Å². The standard InChI is InChI=1S/C15H23N5O3S/c21-15(17-4-2-7-19-9-5-16-6-10-19)13-3-1-8-20-11-12-24(22,23)18-14(13)20/h1,3,8,16H,2,4-7,9-12H2,(H,17,21). The second kappa shape index (κ2) is 7.45. The van der Waals surface area contributed by atoms with E-state index in [-0.39, 0.29) is 17.5 Å². The maximum atomic E-state index is 12.4. The van der Waals surface area contributed by atoms with E-state index in [4.69, 9.17) is 0 Å². The fourth-order valence-corrected chi connectivity index (χ4v) is 3.91. The van der Waals surface area contributed by atoms with Crippen molar-refractivity contribution in [2.45, 2.75) is 6.42 Å². The number of nitrogens with one attached hydrogen (secondary N) is 2. The van der Waals surface area contributed by atoms with Crippen LogP contribution in [0.3, 0.4) is 0 Å². The molecule has 9 heteroatoms. The normalized spacial score (nSPS) is 23.2. The first-order valence-corrected chi connectivity index (χ1v) is 9.85. The average molecular weight is 353 g/mol. The van der Waals surface area contributed by atoms with Crippen molar-refractivity contribution >= 4 is 21.8 Å². The Morgan fingerprint density at radius 2 is 2.08 bits per heavy atom. The van der Waals surface area contributed by atoms with Gasteiger partial charge in [-0.3, -0.25) is 4.79 Å². The second-order valence-electron chi connectivity index (χ2n) is 6.02. The van der Waals surface area contributed by atoms with E-state index >= 15 is 0 Å². The summed E-state index contributed by atoms with van der Waals surface area (Å²) in [6.07, 6.45) is 5.96. The number of carbonyl (C=O) groups excluding carboxylic acids is 1. The summed E-state index contributed by atoms with van der Waals surface area (Å²) in [7, 11) is -3.48. The molecule has 2 N–H and O–H groups in total. The maximum absolute atomic E-state index is 12.4. The van der Waals surface area contributed by atoms with Crippen LogP contribution in [0.15, 0.2) is 28.3 Å². The molecule has 0 aromatic rings. The van der Waals surface area contributed by atoms with E-state index in [2.05, 4.69) is 19.9 Å². The Hall–Kier alpha value is -1.71. The van der Waals surface area contributed by atoms with Crippen molar-refractivity contribution in [1.82, 2.24) is 20.4 Å². The molecule has 0 saturated carbocycles. The van der Waals surface area contributed by atoms with E-state index in [1.54, 1.807) is 23.3 Å². The van der Waals surface area contributed by atoms with Gasteiger partial charge in [0.05, 0.1) is 11.3 Å². The van der Waals surface area contributed by atoms with E-state index in [1.807, 2.05) is 0 Å². The van der Waals surface area contributed by atoms with Crippen molar-refractivity contribution in [2.24, 2.45) is 4.40 Å². The molecule has 24 heavy (non-hydrogen) atoms. The summed E-state index contributed by atoms with van der Waals surface area (Å²) < 4.78 is 27.2. The summed E-state index contributed by atoms with van der Waals surface area (Å²) in [5, 5.41) is 6.17. The summed E-state index contributed by atoms with van der Waals surface area (Å²) in [6.45, 7) is 5.92. The summed E-state index contributed by atoms with van der Waals surface area (Å²) in [5.74, 6) is -0.0793. The summed E-state index contributed by atoms with van der Waals surface area (Å²) >= 11 is 0. The molecule has 0 unspecified atom stereocenters. The Morgan fingerprint density at radius 3 is 2.88 bits per heavy atom. The van der Waals surface area contributed by atoms with Crippen molar-refractivity contribution in [3.8, 4) is 0 Å². The zero-order chi connectivity index (χ0) is 17.0. The Balaban J connectivity index is 1.53. The number of rotatable bonds is 5. The van der Waals surface area contributed by atoms with Crippen LogP contribution in [0.1, 0.15) is 6.42 Å². The van der Waals surface area contributed by atoms with Crippen LogP contribution in [0.2, 0.25) is 0 Å². The lowest BCUT2D eigenvalue weighted by Gasteiger charge is -2.29.